The van der Waals surface area contributed by atoms with Gasteiger partial charge in [0.1, 0.15) is 24.4 Å². The molecular weight excluding hydrogens is 707 g/mol. The van der Waals surface area contributed by atoms with E-state index in [1.807, 2.05) is 0 Å². The van der Waals surface area contributed by atoms with Gasteiger partial charge in [-0.25, -0.2) is 0 Å². The van der Waals surface area contributed by atoms with Gasteiger partial charge in [0.25, 0.3) is 0 Å². The molecule has 9 heteroatoms. The quantitative estimate of drug-likeness (QED) is 0.0265. The maximum Gasteiger partial charge on any atom is 0.220 e. The first-order chi connectivity index (χ1) is 27.3. The smallest absolute Gasteiger partial charge is 0.220 e. The van der Waals surface area contributed by atoms with Crippen molar-refractivity contribution in [2.24, 2.45) is 0 Å². The second-order valence-corrected chi connectivity index (χ2v) is 16.9. The highest BCUT2D eigenvalue weighted by Crippen LogP contribution is 2.23. The molecule has 7 unspecified atom stereocenters. The summed E-state index contributed by atoms with van der Waals surface area (Å²) in [5.74, 6) is -0.145. The average Bonchev–Trinajstić information content (AvgIpc) is 3.20. The van der Waals surface area contributed by atoms with Gasteiger partial charge in [0, 0.05) is 6.42 Å². The Morgan fingerprint density at radius 2 is 1.00 bits per heavy atom. The first-order valence-electron chi connectivity index (χ1n) is 23.9. The minimum absolute atomic E-state index is 0.135. The number of carbonyl (C=O) groups excluding carboxylic acids is 1. The maximum absolute atomic E-state index is 12.9. The molecule has 332 valence electrons. The minimum atomic E-state index is -1.55. The molecule has 0 aromatic heterocycles. The van der Waals surface area contributed by atoms with Crippen LogP contribution in [0.2, 0.25) is 0 Å². The molecule has 9 nitrogen and oxygen atoms in total. The van der Waals surface area contributed by atoms with Gasteiger partial charge in [0.15, 0.2) is 6.29 Å². The molecule has 0 aromatic rings. The Labute approximate surface area is 344 Å². The Kier molecular flexibility index (Phi) is 36.1. The van der Waals surface area contributed by atoms with Crippen LogP contribution in [0.4, 0.5) is 0 Å². The molecule has 56 heavy (non-hydrogen) atoms. The summed E-state index contributed by atoms with van der Waals surface area (Å²) in [7, 11) is 0. The first kappa shape index (κ1) is 52.9. The fraction of sp³-hybridized carbons (Fsp3) is 0.936. The molecule has 1 aliphatic heterocycles. The van der Waals surface area contributed by atoms with Gasteiger partial charge in [0.05, 0.1) is 25.4 Å². The van der Waals surface area contributed by atoms with E-state index in [2.05, 4.69) is 31.3 Å². The molecule has 1 fully saturated rings. The second kappa shape index (κ2) is 38.2. The molecule has 0 aliphatic carbocycles. The van der Waals surface area contributed by atoms with Crippen LogP contribution < -0.4 is 5.32 Å². The molecule has 1 amide bonds. The van der Waals surface area contributed by atoms with Crippen LogP contribution in [0.1, 0.15) is 226 Å². The summed E-state index contributed by atoms with van der Waals surface area (Å²) < 4.78 is 11.2. The van der Waals surface area contributed by atoms with Gasteiger partial charge in [-0.1, -0.05) is 193 Å². The predicted octanol–water partition coefficient (Wildman–Crippen LogP) is 10.1. The SMILES string of the molecule is CCCCCCCCCC/C=C\CCCCCCCCCCCCCCCC(=O)NC(COC1OC(CO)C(O)C(O)C1O)C(O)CCCCCCCCCC. The van der Waals surface area contributed by atoms with Crippen LogP contribution in [0.5, 0.6) is 0 Å². The summed E-state index contributed by atoms with van der Waals surface area (Å²) in [6.07, 6.45) is 36.8. The van der Waals surface area contributed by atoms with E-state index < -0.39 is 49.5 Å². The average molecular weight is 798 g/mol. The number of aliphatic hydroxyl groups excluding tert-OH is 5. The van der Waals surface area contributed by atoms with E-state index in [0.717, 1.165) is 38.5 Å². The molecule has 0 aromatic carbocycles. The van der Waals surface area contributed by atoms with Crippen molar-refractivity contribution in [2.75, 3.05) is 13.2 Å². The van der Waals surface area contributed by atoms with Crippen molar-refractivity contribution < 1.29 is 39.8 Å². The third-order valence-electron chi connectivity index (χ3n) is 11.6. The highest BCUT2D eigenvalue weighted by atomic mass is 16.7. The van der Waals surface area contributed by atoms with E-state index in [4.69, 9.17) is 9.47 Å². The third kappa shape index (κ3) is 28.4. The van der Waals surface area contributed by atoms with Gasteiger partial charge in [-0.15, -0.1) is 0 Å². The van der Waals surface area contributed by atoms with Gasteiger partial charge >= 0.3 is 0 Å². The summed E-state index contributed by atoms with van der Waals surface area (Å²) in [4.78, 5) is 12.9. The summed E-state index contributed by atoms with van der Waals surface area (Å²) in [5.41, 5.74) is 0. The number of amides is 1. The van der Waals surface area contributed by atoms with Crippen LogP contribution in [0.3, 0.4) is 0 Å². The fourth-order valence-electron chi connectivity index (χ4n) is 7.74. The summed E-state index contributed by atoms with van der Waals surface area (Å²) in [5, 5.41) is 54.1. The van der Waals surface area contributed by atoms with Crippen LogP contribution in [-0.2, 0) is 14.3 Å². The van der Waals surface area contributed by atoms with Crippen molar-refractivity contribution in [3.63, 3.8) is 0 Å². The van der Waals surface area contributed by atoms with Crippen molar-refractivity contribution >= 4 is 5.91 Å². The number of hydrogen-bond donors (Lipinski definition) is 6. The van der Waals surface area contributed by atoms with Gasteiger partial charge in [0.2, 0.25) is 5.91 Å². The van der Waals surface area contributed by atoms with Crippen molar-refractivity contribution in [1.82, 2.24) is 5.32 Å². The molecule has 0 spiro atoms. The van der Waals surface area contributed by atoms with E-state index in [1.165, 1.54) is 161 Å². The van der Waals surface area contributed by atoms with Gasteiger partial charge in [-0.3, -0.25) is 4.79 Å². The number of hydrogen-bond acceptors (Lipinski definition) is 8. The highest BCUT2D eigenvalue weighted by Gasteiger charge is 2.44. The highest BCUT2D eigenvalue weighted by molar-refractivity contribution is 5.76. The molecule has 1 saturated heterocycles. The number of rotatable bonds is 40. The van der Waals surface area contributed by atoms with Gasteiger partial charge < -0.3 is 40.3 Å². The van der Waals surface area contributed by atoms with Crippen molar-refractivity contribution in [3.05, 3.63) is 12.2 Å². The number of allylic oxidation sites excluding steroid dienone is 2. The largest absolute Gasteiger partial charge is 0.394 e. The van der Waals surface area contributed by atoms with Crippen molar-refractivity contribution in [3.8, 4) is 0 Å². The molecule has 0 bridgehead atoms. The monoisotopic (exact) mass is 798 g/mol. The van der Waals surface area contributed by atoms with E-state index in [1.54, 1.807) is 0 Å². The van der Waals surface area contributed by atoms with Crippen LogP contribution >= 0.6 is 0 Å². The molecule has 7 atom stereocenters. The Morgan fingerprint density at radius 3 is 1.45 bits per heavy atom. The lowest BCUT2D eigenvalue weighted by molar-refractivity contribution is -0.302. The Morgan fingerprint density at radius 1 is 0.589 bits per heavy atom. The zero-order valence-electron chi connectivity index (χ0n) is 36.4. The molecule has 1 rings (SSSR count). The number of nitrogens with one attached hydrogen (secondary N) is 1. The topological polar surface area (TPSA) is 149 Å². The number of aliphatic hydroxyl groups is 5. The number of carbonyl (C=O) groups is 1. The molecule has 0 radical (unpaired) electrons. The Balaban J connectivity index is 2.16. The standard InChI is InChI=1S/C47H91NO8/c1-3-5-7-9-11-13-14-15-16-17-18-19-20-21-22-23-24-25-26-27-28-29-31-33-35-37-43(51)48-40(41(50)36-34-32-30-12-10-8-6-4-2)39-55-47-46(54)45(53)44(52)42(38-49)56-47/h17-18,40-42,44-47,49-50,52-54H,3-16,19-39H2,1-2H3,(H,48,51)/b18-17-. The van der Waals surface area contributed by atoms with Crippen molar-refractivity contribution in [1.29, 1.82) is 0 Å². The van der Waals surface area contributed by atoms with Crippen LogP contribution in [-0.4, -0.2) is 87.5 Å². The lowest BCUT2D eigenvalue weighted by Crippen LogP contribution is -2.60. The summed E-state index contributed by atoms with van der Waals surface area (Å²) in [6, 6.07) is -0.712. The zero-order chi connectivity index (χ0) is 40.9. The normalized spacial score (nSPS) is 21.2. The predicted molar refractivity (Wildman–Crippen MR) is 231 cm³/mol. The molecule has 1 heterocycles. The lowest BCUT2D eigenvalue weighted by Gasteiger charge is -2.40. The Bertz CT molecular complexity index is 888. The van der Waals surface area contributed by atoms with E-state index >= 15 is 0 Å². The fourth-order valence-corrected chi connectivity index (χ4v) is 7.74. The van der Waals surface area contributed by atoms with Crippen LogP contribution in [0, 0.1) is 0 Å². The lowest BCUT2D eigenvalue weighted by atomic mass is 9.99. The first-order valence-corrected chi connectivity index (χ1v) is 23.9. The third-order valence-corrected chi connectivity index (χ3v) is 11.6. The number of ether oxygens (including phenoxy) is 2. The van der Waals surface area contributed by atoms with Gasteiger partial charge in [-0.2, -0.15) is 0 Å². The van der Waals surface area contributed by atoms with Crippen LogP contribution in [0.25, 0.3) is 0 Å². The molecule has 6 N–H and O–H groups in total. The maximum atomic E-state index is 12.9. The van der Waals surface area contributed by atoms with Gasteiger partial charge in [-0.05, 0) is 38.5 Å². The minimum Gasteiger partial charge on any atom is -0.394 e. The number of unbranched alkanes of at least 4 members (excludes halogenated alkanes) is 28. The molecular formula is C47H91NO8. The second-order valence-electron chi connectivity index (χ2n) is 16.9. The molecule has 0 saturated carbocycles. The van der Waals surface area contributed by atoms with E-state index in [-0.39, 0.29) is 12.5 Å². The van der Waals surface area contributed by atoms with E-state index in [0.29, 0.717) is 12.8 Å². The molecule has 1 aliphatic rings. The van der Waals surface area contributed by atoms with E-state index in [9.17, 15) is 30.3 Å². The van der Waals surface area contributed by atoms with Crippen LogP contribution in [0.15, 0.2) is 12.2 Å². The zero-order valence-corrected chi connectivity index (χ0v) is 36.4. The van der Waals surface area contributed by atoms with Crippen molar-refractivity contribution in [2.45, 2.75) is 269 Å². The Hall–Kier alpha value is -1.07. The summed E-state index contributed by atoms with van der Waals surface area (Å²) in [6.45, 7) is 3.80. The summed E-state index contributed by atoms with van der Waals surface area (Å²) >= 11 is 0.